The molecule has 1 aliphatic carbocycles. The molecule has 222 valence electrons. The lowest BCUT2D eigenvalue weighted by atomic mass is 9.69. The number of nitrogens with zero attached hydrogens (tertiary/aromatic N) is 2. The lowest BCUT2D eigenvalue weighted by Gasteiger charge is -2.47. The molecule has 1 heterocycles. The van der Waals surface area contributed by atoms with E-state index in [9.17, 15) is 22.8 Å². The van der Waals surface area contributed by atoms with Crippen molar-refractivity contribution in [3.05, 3.63) is 69.7 Å². The van der Waals surface area contributed by atoms with Crippen molar-refractivity contribution in [3.8, 4) is 0 Å². The number of unbranched alkanes of at least 4 members (excludes halogenated alkanes) is 1. The van der Waals surface area contributed by atoms with E-state index in [0.29, 0.717) is 30.7 Å². The van der Waals surface area contributed by atoms with Crippen LogP contribution in [0.5, 0.6) is 0 Å². The van der Waals surface area contributed by atoms with Crippen LogP contribution >= 0.6 is 11.6 Å². The van der Waals surface area contributed by atoms with Crippen LogP contribution < -0.4 is 0 Å². The third kappa shape index (κ3) is 6.47. The quantitative estimate of drug-likeness (QED) is 0.303. The molecule has 0 unspecified atom stereocenters. The van der Waals surface area contributed by atoms with Crippen LogP contribution in [0.2, 0.25) is 5.02 Å². The van der Waals surface area contributed by atoms with E-state index < -0.39 is 29.3 Å². The van der Waals surface area contributed by atoms with Crippen LogP contribution in [0.1, 0.15) is 106 Å². The number of hydrogen-bond acceptors (Lipinski definition) is 4. The Kier molecular flexibility index (Phi) is 8.93. The lowest BCUT2D eigenvalue weighted by Crippen LogP contribution is -2.51. The molecular weight excluding hydrogens is 553 g/mol. The zero-order chi connectivity index (χ0) is 30.2. The number of methoxy groups -OCH3 is 1. The molecular formula is C32H38ClF3N2O3. The van der Waals surface area contributed by atoms with E-state index in [1.165, 1.54) is 13.2 Å². The Morgan fingerprint density at radius 2 is 1.76 bits per heavy atom. The summed E-state index contributed by atoms with van der Waals surface area (Å²) < 4.78 is 45.9. The molecule has 2 aliphatic rings. The normalized spacial score (nSPS) is 22.2. The maximum absolute atomic E-state index is 14.3. The van der Waals surface area contributed by atoms with E-state index in [0.717, 1.165) is 43.4 Å². The van der Waals surface area contributed by atoms with Gasteiger partial charge in [-0.1, -0.05) is 64.3 Å². The number of halogens is 4. The molecule has 0 bridgehead atoms. The number of ether oxygens (including phenoxy) is 1. The third-order valence-electron chi connectivity index (χ3n) is 8.56. The Morgan fingerprint density at radius 1 is 1.12 bits per heavy atom. The first-order chi connectivity index (χ1) is 19.2. The van der Waals surface area contributed by atoms with Crippen LogP contribution in [0.25, 0.3) is 0 Å². The van der Waals surface area contributed by atoms with Gasteiger partial charge in [0.15, 0.2) is 0 Å². The van der Waals surface area contributed by atoms with Gasteiger partial charge in [-0.3, -0.25) is 9.79 Å². The number of carbonyl (C=O) groups excluding carboxylic acids is 2. The van der Waals surface area contributed by atoms with Crippen molar-refractivity contribution < 1.29 is 27.5 Å². The highest BCUT2D eigenvalue weighted by atomic mass is 35.5. The Morgan fingerprint density at radius 3 is 2.29 bits per heavy atom. The average molecular weight is 591 g/mol. The number of esters is 1. The smallest absolute Gasteiger partial charge is 0.416 e. The molecule has 1 amide bonds. The van der Waals surface area contributed by atoms with Crippen molar-refractivity contribution in [1.82, 2.24) is 4.90 Å². The van der Waals surface area contributed by atoms with Gasteiger partial charge in [-0.25, -0.2) is 4.79 Å². The van der Waals surface area contributed by atoms with E-state index in [2.05, 4.69) is 27.7 Å². The number of benzene rings is 2. The van der Waals surface area contributed by atoms with Gasteiger partial charge in [-0.15, -0.1) is 0 Å². The van der Waals surface area contributed by atoms with E-state index in [-0.39, 0.29) is 27.8 Å². The number of carbonyl (C=O) groups is 2. The number of rotatable bonds is 7. The summed E-state index contributed by atoms with van der Waals surface area (Å²) in [6.07, 6.45) is 0.669. The average Bonchev–Trinajstić information content (AvgIpc) is 3.19. The molecule has 1 aliphatic heterocycles. The second-order valence-electron chi connectivity index (χ2n) is 12.3. The summed E-state index contributed by atoms with van der Waals surface area (Å²) in [4.78, 5) is 33.2. The highest BCUT2D eigenvalue weighted by Crippen LogP contribution is 2.50. The van der Waals surface area contributed by atoms with E-state index in [1.807, 2.05) is 17.0 Å². The molecule has 0 radical (unpaired) electrons. The highest BCUT2D eigenvalue weighted by molar-refractivity contribution is 6.47. The van der Waals surface area contributed by atoms with Gasteiger partial charge in [0.1, 0.15) is 11.4 Å². The van der Waals surface area contributed by atoms with Crippen LogP contribution in [0.15, 0.2) is 47.5 Å². The third-order valence-corrected chi connectivity index (χ3v) is 8.78. The minimum absolute atomic E-state index is 0.0138. The van der Waals surface area contributed by atoms with Crippen molar-refractivity contribution in [3.63, 3.8) is 0 Å². The molecule has 0 saturated heterocycles. The fourth-order valence-corrected chi connectivity index (χ4v) is 6.46. The molecule has 1 fully saturated rings. The minimum Gasteiger partial charge on any atom is -0.465 e. The summed E-state index contributed by atoms with van der Waals surface area (Å²) >= 11 is 6.13. The van der Waals surface area contributed by atoms with Gasteiger partial charge in [-0.05, 0) is 79.3 Å². The topological polar surface area (TPSA) is 59.0 Å². The van der Waals surface area contributed by atoms with Crippen LogP contribution in [-0.2, 0) is 15.7 Å². The number of alkyl halides is 3. The summed E-state index contributed by atoms with van der Waals surface area (Å²) in [5, 5.41) is -0.102. The van der Waals surface area contributed by atoms with Gasteiger partial charge in [-0.2, -0.15) is 13.2 Å². The number of amides is 1. The summed E-state index contributed by atoms with van der Waals surface area (Å²) in [5.41, 5.74) is -0.384. The molecule has 1 spiro atoms. The molecule has 41 heavy (non-hydrogen) atoms. The van der Waals surface area contributed by atoms with E-state index in [1.54, 1.807) is 12.1 Å². The molecule has 1 atom stereocenters. The molecule has 9 heteroatoms. The number of aliphatic imine (C=N–C) groups is 1. The first-order valence-corrected chi connectivity index (χ1v) is 14.6. The zero-order valence-electron chi connectivity index (χ0n) is 24.3. The highest BCUT2D eigenvalue weighted by Gasteiger charge is 2.52. The van der Waals surface area contributed by atoms with Crippen molar-refractivity contribution in [2.45, 2.75) is 90.5 Å². The maximum Gasteiger partial charge on any atom is 0.416 e. The zero-order valence-corrected chi connectivity index (χ0v) is 25.0. The first-order valence-electron chi connectivity index (χ1n) is 14.2. The molecule has 5 nitrogen and oxygen atoms in total. The molecule has 2 aromatic rings. The second-order valence-corrected chi connectivity index (χ2v) is 12.7. The fraction of sp³-hybridized carbons (Fsp3) is 0.531. The second kappa shape index (κ2) is 11.8. The summed E-state index contributed by atoms with van der Waals surface area (Å²) in [6, 6.07) is 9.85. The first kappa shape index (κ1) is 31.1. The summed E-state index contributed by atoms with van der Waals surface area (Å²) in [5.74, 6) is -0.420. The van der Waals surface area contributed by atoms with Gasteiger partial charge in [0.2, 0.25) is 0 Å². The Bertz CT molecular complexity index is 1310. The minimum atomic E-state index is -4.62. The van der Waals surface area contributed by atoms with Gasteiger partial charge in [0.05, 0.1) is 24.3 Å². The molecule has 0 N–H and O–H groups in total. The standard InChI is InChI=1S/C32H38ClF3N2O3/c1-6-7-8-26(20-9-11-21(12-10-20)29(40)41-5)38-28(39)27(22-17-24(32(34,35)36)19-25(33)18-22)37-31(38)15-13-23(14-16-31)30(2,3)4/h9-12,17-19,23,26H,6-8,13-16H2,1-5H3/t23?,26-,31?/m1/s1. The van der Waals surface area contributed by atoms with Crippen LogP contribution in [0.3, 0.4) is 0 Å². The van der Waals surface area contributed by atoms with Gasteiger partial charge in [0.25, 0.3) is 5.91 Å². The fourth-order valence-electron chi connectivity index (χ4n) is 6.22. The van der Waals surface area contributed by atoms with Gasteiger partial charge in [0, 0.05) is 10.6 Å². The Labute approximate surface area is 245 Å². The van der Waals surface area contributed by atoms with Crippen molar-refractivity contribution in [1.29, 1.82) is 0 Å². The Balaban J connectivity index is 1.82. The summed E-state index contributed by atoms with van der Waals surface area (Å²) in [7, 11) is 1.32. The van der Waals surface area contributed by atoms with Crippen LogP contribution in [-0.4, -0.2) is 35.3 Å². The van der Waals surface area contributed by atoms with Gasteiger partial charge < -0.3 is 9.64 Å². The predicted octanol–water partition coefficient (Wildman–Crippen LogP) is 8.64. The van der Waals surface area contributed by atoms with Gasteiger partial charge >= 0.3 is 12.1 Å². The number of hydrogen-bond donors (Lipinski definition) is 0. The summed E-state index contributed by atoms with van der Waals surface area (Å²) in [6.45, 7) is 8.69. The SMILES string of the molecule is CCCC[C@H](c1ccc(C(=O)OC)cc1)N1C(=O)C(c2cc(Cl)cc(C(F)(F)F)c2)=NC12CCC(C(C)(C)C)CC2. The molecule has 2 aromatic carbocycles. The lowest BCUT2D eigenvalue weighted by molar-refractivity contribution is -0.137. The van der Waals surface area contributed by atoms with E-state index >= 15 is 0 Å². The van der Waals surface area contributed by atoms with Crippen molar-refractivity contribution >= 4 is 29.2 Å². The molecule has 4 rings (SSSR count). The molecule has 1 saturated carbocycles. The monoisotopic (exact) mass is 590 g/mol. The predicted molar refractivity (Wildman–Crippen MR) is 154 cm³/mol. The molecule has 0 aromatic heterocycles. The van der Waals surface area contributed by atoms with Crippen LogP contribution in [0, 0.1) is 11.3 Å². The largest absolute Gasteiger partial charge is 0.465 e. The van der Waals surface area contributed by atoms with Crippen molar-refractivity contribution in [2.24, 2.45) is 16.3 Å². The van der Waals surface area contributed by atoms with E-state index in [4.69, 9.17) is 21.3 Å². The Hall–Kier alpha value is -2.87. The maximum atomic E-state index is 14.3. The van der Waals surface area contributed by atoms with Crippen LogP contribution in [0.4, 0.5) is 13.2 Å². The van der Waals surface area contributed by atoms with Crippen molar-refractivity contribution in [2.75, 3.05) is 7.11 Å².